The lowest BCUT2D eigenvalue weighted by molar-refractivity contribution is 0.442. The third-order valence-electron chi connectivity index (χ3n) is 2.45. The maximum Gasteiger partial charge on any atom is 0.196 e. The minimum absolute atomic E-state index is 0.0143. The van der Waals surface area contributed by atoms with Crippen LogP contribution in [-0.4, -0.2) is 15.0 Å². The monoisotopic (exact) mass is 319 g/mol. The maximum atomic E-state index is 13.5. The number of benzene rings is 1. The van der Waals surface area contributed by atoms with E-state index in [0.29, 0.717) is 5.69 Å². The van der Waals surface area contributed by atoms with Gasteiger partial charge in [-0.3, -0.25) is 0 Å². The van der Waals surface area contributed by atoms with E-state index < -0.39 is 17.5 Å². The van der Waals surface area contributed by atoms with Crippen molar-refractivity contribution in [2.24, 2.45) is 0 Å². The molecule has 1 aromatic carbocycles. The van der Waals surface area contributed by atoms with Crippen molar-refractivity contribution < 1.29 is 13.2 Å². The van der Waals surface area contributed by atoms with Gasteiger partial charge in [-0.1, -0.05) is 28.1 Å². The normalized spacial score (nSPS) is 12.7. The zero-order valence-corrected chi connectivity index (χ0v) is 11.0. The van der Waals surface area contributed by atoms with Gasteiger partial charge in [0.15, 0.2) is 17.5 Å². The third kappa shape index (κ3) is 2.27. The molecule has 0 bridgehead atoms. The molecular weight excluding hydrogens is 311 g/mol. The fraction of sp³-hybridized carbons (Fsp3) is 0.273. The second-order valence-corrected chi connectivity index (χ2v) is 4.76. The summed E-state index contributed by atoms with van der Waals surface area (Å²) >= 11 is 3.37. The summed E-state index contributed by atoms with van der Waals surface area (Å²) in [7, 11) is 0. The van der Waals surface area contributed by atoms with Crippen molar-refractivity contribution in [3.63, 3.8) is 0 Å². The molecule has 3 nitrogen and oxygen atoms in total. The first-order chi connectivity index (χ1) is 8.54. The number of nitrogens with zero attached hydrogens (tertiary/aromatic N) is 3. The highest BCUT2D eigenvalue weighted by atomic mass is 79.9. The minimum Gasteiger partial charge on any atom is -0.217 e. The molecule has 0 radical (unpaired) electrons. The summed E-state index contributed by atoms with van der Waals surface area (Å²) in [5.74, 6) is -4.03. The van der Waals surface area contributed by atoms with E-state index in [1.165, 1.54) is 6.20 Å². The molecule has 96 valence electrons. The van der Waals surface area contributed by atoms with Crippen molar-refractivity contribution in [3.05, 3.63) is 41.5 Å². The SMILES string of the molecule is CCC(Br)c1cn(-c2ccc(F)c(F)c2F)nn1. The fourth-order valence-electron chi connectivity index (χ4n) is 1.44. The zero-order chi connectivity index (χ0) is 13.3. The van der Waals surface area contributed by atoms with Crippen molar-refractivity contribution in [1.82, 2.24) is 15.0 Å². The Bertz CT molecular complexity index is 571. The Labute approximate surface area is 110 Å². The predicted octanol–water partition coefficient (Wildman–Crippen LogP) is 3.53. The molecule has 1 atom stereocenters. The van der Waals surface area contributed by atoms with Crippen LogP contribution in [0.25, 0.3) is 5.69 Å². The van der Waals surface area contributed by atoms with E-state index in [1.54, 1.807) is 0 Å². The van der Waals surface area contributed by atoms with Crippen LogP contribution in [0.3, 0.4) is 0 Å². The Morgan fingerprint density at radius 1 is 1.28 bits per heavy atom. The number of hydrogen-bond donors (Lipinski definition) is 0. The second kappa shape index (κ2) is 5.09. The van der Waals surface area contributed by atoms with Gasteiger partial charge < -0.3 is 0 Å². The van der Waals surface area contributed by atoms with Crippen molar-refractivity contribution in [3.8, 4) is 5.69 Å². The van der Waals surface area contributed by atoms with E-state index in [4.69, 9.17) is 0 Å². The van der Waals surface area contributed by atoms with Gasteiger partial charge in [0, 0.05) is 0 Å². The molecule has 0 spiro atoms. The van der Waals surface area contributed by atoms with Crippen LogP contribution in [0.15, 0.2) is 18.3 Å². The van der Waals surface area contributed by atoms with Crippen LogP contribution in [0.4, 0.5) is 13.2 Å². The lowest BCUT2D eigenvalue weighted by Gasteiger charge is -2.03. The molecule has 0 fully saturated rings. The number of halogens is 4. The van der Waals surface area contributed by atoms with Gasteiger partial charge in [-0.25, -0.2) is 17.9 Å². The van der Waals surface area contributed by atoms with Crippen molar-refractivity contribution in [1.29, 1.82) is 0 Å². The van der Waals surface area contributed by atoms with E-state index in [-0.39, 0.29) is 10.5 Å². The standard InChI is InChI=1S/C11H9BrF3N3/c1-2-6(12)8-5-18(17-16-8)9-4-3-7(13)10(14)11(9)15/h3-6H,2H2,1H3. The first kappa shape index (κ1) is 13.1. The molecule has 18 heavy (non-hydrogen) atoms. The number of rotatable bonds is 3. The van der Waals surface area contributed by atoms with Gasteiger partial charge in [0.2, 0.25) is 0 Å². The minimum atomic E-state index is -1.52. The number of aromatic nitrogens is 3. The fourth-order valence-corrected chi connectivity index (χ4v) is 1.65. The van der Waals surface area contributed by atoms with Crippen molar-refractivity contribution in [2.45, 2.75) is 18.2 Å². The Morgan fingerprint density at radius 3 is 2.67 bits per heavy atom. The topological polar surface area (TPSA) is 30.7 Å². The number of hydrogen-bond acceptors (Lipinski definition) is 2. The van der Waals surface area contributed by atoms with Gasteiger partial charge in [-0.05, 0) is 18.6 Å². The van der Waals surface area contributed by atoms with Gasteiger partial charge in [-0.2, -0.15) is 0 Å². The second-order valence-electron chi connectivity index (χ2n) is 3.66. The van der Waals surface area contributed by atoms with E-state index in [9.17, 15) is 13.2 Å². The van der Waals surface area contributed by atoms with Gasteiger partial charge in [-0.15, -0.1) is 5.10 Å². The van der Waals surface area contributed by atoms with Crippen molar-refractivity contribution >= 4 is 15.9 Å². The van der Waals surface area contributed by atoms with Crippen LogP contribution in [-0.2, 0) is 0 Å². The lowest BCUT2D eigenvalue weighted by atomic mass is 10.2. The Morgan fingerprint density at radius 2 is 2.00 bits per heavy atom. The molecule has 2 rings (SSSR count). The zero-order valence-electron chi connectivity index (χ0n) is 9.37. The van der Waals surface area contributed by atoms with E-state index in [1.807, 2.05) is 6.92 Å². The summed E-state index contributed by atoms with van der Waals surface area (Å²) in [6.45, 7) is 1.94. The molecule has 2 aromatic rings. The van der Waals surface area contributed by atoms with Crippen molar-refractivity contribution in [2.75, 3.05) is 0 Å². The van der Waals surface area contributed by atoms with Crippen LogP contribution in [0.1, 0.15) is 23.9 Å². The highest BCUT2D eigenvalue weighted by Gasteiger charge is 2.17. The van der Waals surface area contributed by atoms with Crippen LogP contribution >= 0.6 is 15.9 Å². The quantitative estimate of drug-likeness (QED) is 0.640. The number of alkyl halides is 1. The summed E-state index contributed by atoms with van der Waals surface area (Å²) in [6, 6.07) is 1.96. The summed E-state index contributed by atoms with van der Waals surface area (Å²) in [6.07, 6.45) is 2.25. The van der Waals surface area contributed by atoms with Crippen LogP contribution in [0, 0.1) is 17.5 Å². The molecule has 0 saturated heterocycles. The van der Waals surface area contributed by atoms with Crippen LogP contribution in [0.5, 0.6) is 0 Å². The first-order valence-electron chi connectivity index (χ1n) is 5.24. The molecule has 1 heterocycles. The molecule has 0 amide bonds. The van der Waals surface area contributed by atoms with Gasteiger partial charge in [0.05, 0.1) is 16.7 Å². The third-order valence-corrected chi connectivity index (χ3v) is 3.57. The largest absolute Gasteiger partial charge is 0.217 e. The smallest absolute Gasteiger partial charge is 0.196 e. The van der Waals surface area contributed by atoms with E-state index in [2.05, 4.69) is 26.2 Å². The first-order valence-corrected chi connectivity index (χ1v) is 6.16. The predicted molar refractivity (Wildman–Crippen MR) is 63.2 cm³/mol. The van der Waals surface area contributed by atoms with Gasteiger partial charge in [0.25, 0.3) is 0 Å². The van der Waals surface area contributed by atoms with E-state index in [0.717, 1.165) is 23.2 Å². The molecule has 1 unspecified atom stereocenters. The molecule has 1 aromatic heterocycles. The van der Waals surface area contributed by atoms with Gasteiger partial charge in [0.1, 0.15) is 5.69 Å². The maximum absolute atomic E-state index is 13.5. The summed E-state index contributed by atoms with van der Waals surface area (Å²) in [5.41, 5.74) is 0.421. The molecular formula is C11H9BrF3N3. The average molecular weight is 320 g/mol. The highest BCUT2D eigenvalue weighted by molar-refractivity contribution is 9.09. The summed E-state index contributed by atoms with van der Waals surface area (Å²) in [5, 5.41) is 7.53. The van der Waals surface area contributed by atoms with E-state index >= 15 is 0 Å². The molecule has 7 heteroatoms. The summed E-state index contributed by atoms with van der Waals surface area (Å²) < 4.78 is 40.5. The molecule has 0 N–H and O–H groups in total. The van der Waals surface area contributed by atoms with Crippen LogP contribution in [0.2, 0.25) is 0 Å². The van der Waals surface area contributed by atoms with Crippen LogP contribution < -0.4 is 0 Å². The summed E-state index contributed by atoms with van der Waals surface area (Å²) in [4.78, 5) is -0.0143. The highest BCUT2D eigenvalue weighted by Crippen LogP contribution is 2.25. The molecule has 0 aliphatic rings. The molecule has 0 saturated carbocycles. The Balaban J connectivity index is 2.43. The average Bonchev–Trinajstić information content (AvgIpc) is 2.84. The Hall–Kier alpha value is -1.37. The molecule has 0 aliphatic carbocycles. The van der Waals surface area contributed by atoms with Gasteiger partial charge >= 0.3 is 0 Å². The Kier molecular flexibility index (Phi) is 3.70. The lowest BCUT2D eigenvalue weighted by Crippen LogP contribution is -2.02. The molecule has 0 aliphatic heterocycles.